The molecule has 0 aliphatic carbocycles. The highest BCUT2D eigenvalue weighted by Gasteiger charge is 2.28. The third-order valence-electron chi connectivity index (χ3n) is 3.07. The lowest BCUT2D eigenvalue weighted by Gasteiger charge is -2.33. The Balaban J connectivity index is 2.87. The number of hydrogen-bond donors (Lipinski definition) is 1. The van der Waals surface area contributed by atoms with Crippen molar-refractivity contribution in [1.29, 1.82) is 0 Å². The lowest BCUT2D eigenvalue weighted by Crippen LogP contribution is -2.45. The molecule has 0 aromatic carbocycles. The summed E-state index contributed by atoms with van der Waals surface area (Å²) in [5.41, 5.74) is 7.63. The van der Waals surface area contributed by atoms with Gasteiger partial charge in [-0.1, -0.05) is 5.11 Å². The Bertz CT molecular complexity index is 626. The number of aryl methyl sites for hydroxylation is 1. The van der Waals surface area contributed by atoms with E-state index in [4.69, 9.17) is 5.53 Å². The van der Waals surface area contributed by atoms with Gasteiger partial charge in [-0.3, -0.25) is 9.69 Å². The molecule has 0 unspecified atom stereocenters. The fourth-order valence-corrected chi connectivity index (χ4v) is 2.12. The van der Waals surface area contributed by atoms with Crippen molar-refractivity contribution in [2.75, 3.05) is 11.4 Å². The van der Waals surface area contributed by atoms with Gasteiger partial charge < -0.3 is 9.67 Å². The second kappa shape index (κ2) is 7.51. The van der Waals surface area contributed by atoms with E-state index in [-0.39, 0.29) is 5.56 Å². The number of aromatic nitrogens is 1. The molecular formula is C14H21N5O3. The minimum atomic E-state index is -1.10. The fraction of sp³-hybridized carbons (Fsp3) is 0.571. The van der Waals surface area contributed by atoms with Gasteiger partial charge in [0.15, 0.2) is 0 Å². The summed E-state index contributed by atoms with van der Waals surface area (Å²) >= 11 is 0. The van der Waals surface area contributed by atoms with Crippen LogP contribution in [-0.2, 0) is 6.54 Å². The van der Waals surface area contributed by atoms with Crippen LogP contribution in [0.4, 0.5) is 10.5 Å². The van der Waals surface area contributed by atoms with Crippen LogP contribution in [0.15, 0.2) is 28.2 Å². The molecule has 0 atom stereocenters. The van der Waals surface area contributed by atoms with Crippen molar-refractivity contribution >= 4 is 11.8 Å². The highest BCUT2D eigenvalue weighted by atomic mass is 16.4. The maximum atomic E-state index is 12.1. The quantitative estimate of drug-likeness (QED) is 0.377. The first-order valence-electron chi connectivity index (χ1n) is 7.02. The van der Waals surface area contributed by atoms with Gasteiger partial charge in [0.2, 0.25) is 0 Å². The van der Waals surface area contributed by atoms with Crippen molar-refractivity contribution < 1.29 is 9.90 Å². The molecule has 1 N–H and O–H groups in total. The molecule has 1 heterocycles. The molecule has 1 aromatic heterocycles. The highest BCUT2D eigenvalue weighted by Crippen LogP contribution is 2.22. The summed E-state index contributed by atoms with van der Waals surface area (Å²) in [4.78, 5) is 27.3. The average molecular weight is 307 g/mol. The summed E-state index contributed by atoms with van der Waals surface area (Å²) in [5.74, 6) is 0. The summed E-state index contributed by atoms with van der Waals surface area (Å²) in [6, 6.07) is 2.95. The molecule has 1 amide bonds. The van der Waals surface area contributed by atoms with Crippen molar-refractivity contribution in [3.63, 3.8) is 0 Å². The van der Waals surface area contributed by atoms with Crippen LogP contribution in [-0.4, -0.2) is 27.9 Å². The standard InChI is InChI=1S/C14H21N5O3/c1-14(2,3)19(13(21)22)11-6-9-18(12(20)10-11)8-5-4-7-16-17-15/h6,9-10H,4-5,7-8H2,1-3H3,(H,21,22). The second-order valence-corrected chi connectivity index (χ2v) is 5.87. The minimum absolute atomic E-state index is 0.253. The van der Waals surface area contributed by atoms with Gasteiger partial charge in [-0.15, -0.1) is 0 Å². The van der Waals surface area contributed by atoms with Gasteiger partial charge in [-0.25, -0.2) is 4.79 Å². The zero-order valence-electron chi connectivity index (χ0n) is 13.1. The van der Waals surface area contributed by atoms with E-state index in [2.05, 4.69) is 10.0 Å². The van der Waals surface area contributed by atoms with Crippen LogP contribution in [0.3, 0.4) is 0 Å². The van der Waals surface area contributed by atoms with Crippen molar-refractivity contribution in [1.82, 2.24) is 4.57 Å². The van der Waals surface area contributed by atoms with E-state index in [1.807, 2.05) is 0 Å². The largest absolute Gasteiger partial charge is 0.465 e. The van der Waals surface area contributed by atoms with Gasteiger partial charge in [0.25, 0.3) is 5.56 Å². The zero-order valence-corrected chi connectivity index (χ0v) is 13.1. The third kappa shape index (κ3) is 4.82. The van der Waals surface area contributed by atoms with Crippen molar-refractivity contribution in [2.24, 2.45) is 5.11 Å². The summed E-state index contributed by atoms with van der Waals surface area (Å²) in [6.07, 6.45) is 1.90. The molecule has 22 heavy (non-hydrogen) atoms. The van der Waals surface area contributed by atoms with Gasteiger partial charge in [-0.2, -0.15) is 0 Å². The molecule has 1 aromatic rings. The van der Waals surface area contributed by atoms with Gasteiger partial charge >= 0.3 is 6.09 Å². The Morgan fingerprint density at radius 3 is 2.64 bits per heavy atom. The van der Waals surface area contributed by atoms with Gasteiger partial charge in [0, 0.05) is 35.8 Å². The van der Waals surface area contributed by atoms with Crippen LogP contribution >= 0.6 is 0 Å². The van der Waals surface area contributed by atoms with E-state index in [9.17, 15) is 14.7 Å². The number of carboxylic acid groups (broad SMARTS) is 1. The summed E-state index contributed by atoms with van der Waals surface area (Å²) in [7, 11) is 0. The summed E-state index contributed by atoms with van der Waals surface area (Å²) in [6.45, 7) is 6.20. The van der Waals surface area contributed by atoms with Crippen LogP contribution in [0.2, 0.25) is 0 Å². The molecule has 0 radical (unpaired) electrons. The molecule has 1 rings (SSSR count). The number of anilines is 1. The summed E-state index contributed by atoms with van der Waals surface area (Å²) < 4.78 is 1.52. The van der Waals surface area contributed by atoms with Crippen molar-refractivity contribution in [3.8, 4) is 0 Å². The maximum Gasteiger partial charge on any atom is 0.412 e. The zero-order chi connectivity index (χ0) is 16.8. The number of nitrogens with zero attached hydrogens (tertiary/aromatic N) is 5. The number of rotatable bonds is 6. The van der Waals surface area contributed by atoms with E-state index in [0.717, 1.165) is 0 Å². The highest BCUT2D eigenvalue weighted by molar-refractivity contribution is 5.87. The molecule has 120 valence electrons. The SMILES string of the molecule is CC(C)(C)N(C(=O)O)c1ccn(CCCCN=[N+]=[N-])c(=O)c1. The van der Waals surface area contributed by atoms with E-state index < -0.39 is 11.6 Å². The molecule has 0 bridgehead atoms. The van der Waals surface area contributed by atoms with E-state index >= 15 is 0 Å². The van der Waals surface area contributed by atoms with Gasteiger partial charge in [0.1, 0.15) is 0 Å². The molecule has 0 spiro atoms. The average Bonchev–Trinajstić information content (AvgIpc) is 2.38. The molecule has 0 aliphatic heterocycles. The number of pyridine rings is 1. The molecular weight excluding hydrogens is 286 g/mol. The number of carbonyl (C=O) groups is 1. The first-order chi connectivity index (χ1) is 10.3. The first kappa shape index (κ1) is 17.6. The lowest BCUT2D eigenvalue weighted by molar-refractivity contribution is 0.195. The first-order valence-corrected chi connectivity index (χ1v) is 7.02. The van der Waals surface area contributed by atoms with Crippen molar-refractivity contribution in [2.45, 2.75) is 45.7 Å². The van der Waals surface area contributed by atoms with Crippen LogP contribution in [0.1, 0.15) is 33.6 Å². The number of hydrogen-bond acceptors (Lipinski definition) is 3. The van der Waals surface area contributed by atoms with Crippen LogP contribution in [0, 0.1) is 0 Å². The maximum absolute atomic E-state index is 12.1. The van der Waals surface area contributed by atoms with Crippen molar-refractivity contribution in [3.05, 3.63) is 39.1 Å². The van der Waals surface area contributed by atoms with E-state index in [1.165, 1.54) is 15.5 Å². The molecule has 0 saturated carbocycles. The molecule has 8 nitrogen and oxygen atoms in total. The summed E-state index contributed by atoms with van der Waals surface area (Å²) in [5, 5.41) is 12.8. The van der Waals surface area contributed by atoms with Gasteiger partial charge in [0.05, 0.1) is 5.69 Å². The van der Waals surface area contributed by atoms with Gasteiger partial charge in [-0.05, 0) is 45.2 Å². The monoisotopic (exact) mass is 307 g/mol. The van der Waals surface area contributed by atoms with E-state index in [0.29, 0.717) is 31.6 Å². The Morgan fingerprint density at radius 1 is 1.45 bits per heavy atom. The number of unbranched alkanes of at least 4 members (excludes halogenated alkanes) is 1. The predicted molar refractivity (Wildman–Crippen MR) is 84.2 cm³/mol. The number of azide groups is 1. The molecule has 0 aliphatic rings. The second-order valence-electron chi connectivity index (χ2n) is 5.87. The third-order valence-corrected chi connectivity index (χ3v) is 3.07. The molecule has 0 fully saturated rings. The molecule has 0 saturated heterocycles. The topological polar surface area (TPSA) is 111 Å². The van der Waals surface area contributed by atoms with Crippen LogP contribution in [0.25, 0.3) is 10.4 Å². The van der Waals surface area contributed by atoms with E-state index in [1.54, 1.807) is 33.0 Å². The van der Waals surface area contributed by atoms with Crippen LogP contribution in [0.5, 0.6) is 0 Å². The smallest absolute Gasteiger partial charge is 0.412 e. The fourth-order valence-electron chi connectivity index (χ4n) is 2.12. The Hall–Kier alpha value is -2.47. The number of amides is 1. The lowest BCUT2D eigenvalue weighted by atomic mass is 10.1. The molecule has 8 heteroatoms. The normalized spacial score (nSPS) is 10.9. The Kier molecular flexibility index (Phi) is 6.00. The van der Waals surface area contributed by atoms with Crippen LogP contribution < -0.4 is 10.5 Å². The predicted octanol–water partition coefficient (Wildman–Crippen LogP) is 3.22. The Morgan fingerprint density at radius 2 is 2.14 bits per heavy atom. The Labute approximate surface area is 128 Å². The minimum Gasteiger partial charge on any atom is -0.465 e.